The predicted octanol–water partition coefficient (Wildman–Crippen LogP) is 3.33. The van der Waals surface area contributed by atoms with Crippen LogP contribution >= 0.6 is 12.2 Å². The maximum absolute atomic E-state index is 12.4. The molecule has 1 amide bonds. The highest BCUT2D eigenvalue weighted by atomic mass is 32.1. The summed E-state index contributed by atoms with van der Waals surface area (Å²) in [7, 11) is 0. The van der Waals surface area contributed by atoms with Crippen LogP contribution in [0.4, 0.5) is 18.0 Å². The molecule has 0 unspecified atom stereocenters. The Kier molecular flexibility index (Phi) is 4.85. The average Bonchev–Trinajstić information content (AvgIpc) is 3.14. The van der Waals surface area contributed by atoms with Gasteiger partial charge in [0.1, 0.15) is 10.6 Å². The van der Waals surface area contributed by atoms with Gasteiger partial charge >= 0.3 is 12.5 Å². The second kappa shape index (κ2) is 6.81. The Balaban J connectivity index is 1.31. The Labute approximate surface area is 177 Å². The van der Waals surface area contributed by atoms with Crippen LogP contribution in [0.15, 0.2) is 12.4 Å². The van der Waals surface area contributed by atoms with E-state index in [-0.39, 0.29) is 24.0 Å². The lowest BCUT2D eigenvalue weighted by atomic mass is 9.44. The molecule has 4 fully saturated rings. The van der Waals surface area contributed by atoms with Crippen molar-refractivity contribution in [3.05, 3.63) is 18.0 Å². The number of carbonyl (C=O) groups excluding carboxylic acids is 1. The van der Waals surface area contributed by atoms with Crippen molar-refractivity contribution in [2.24, 2.45) is 0 Å². The van der Waals surface area contributed by atoms with Crippen molar-refractivity contribution in [2.45, 2.75) is 75.6 Å². The predicted molar refractivity (Wildman–Crippen MR) is 105 cm³/mol. The molecule has 4 aliphatic rings. The van der Waals surface area contributed by atoms with Crippen LogP contribution in [-0.2, 0) is 15.0 Å². The summed E-state index contributed by atoms with van der Waals surface area (Å²) < 4.78 is 48.5. The Morgan fingerprint density at radius 3 is 2.57 bits per heavy atom. The van der Waals surface area contributed by atoms with Crippen molar-refractivity contribution in [3.8, 4) is 0 Å². The van der Waals surface area contributed by atoms with E-state index in [4.69, 9.17) is 17.0 Å². The molecule has 30 heavy (non-hydrogen) atoms. The van der Waals surface area contributed by atoms with Crippen molar-refractivity contribution < 1.29 is 27.4 Å². The summed E-state index contributed by atoms with van der Waals surface area (Å²) >= 11 is 5.47. The Morgan fingerprint density at radius 2 is 1.97 bits per heavy atom. The normalized spacial score (nSPS) is 30.5. The number of hydrogen-bond donors (Lipinski definition) is 1. The fourth-order valence-corrected chi connectivity index (χ4v) is 4.97. The second-order valence-corrected chi connectivity index (χ2v) is 9.95. The minimum absolute atomic E-state index is 0.109. The minimum Gasteiger partial charge on any atom is -0.444 e. The van der Waals surface area contributed by atoms with Gasteiger partial charge in [0.25, 0.3) is 0 Å². The molecule has 11 heteroatoms. The number of halogens is 3. The standard InChI is InChI=1S/C19H25F3N4O3S/c1-16(2,3)29-15(27)24-17-9-18(10-17,11-17)26-7-12(6-23-26)14(30)25-5-4-13(8-25)28-19(20,21)22/h6-7,13H,4-5,8-11H2,1-3H3,(H,24,27)/t13-,17?,18?/m0/s1. The summed E-state index contributed by atoms with van der Waals surface area (Å²) in [4.78, 5) is 14.2. The molecule has 166 valence electrons. The lowest BCUT2D eigenvalue weighted by molar-refractivity contribution is -0.340. The lowest BCUT2D eigenvalue weighted by Gasteiger charge is -2.69. The van der Waals surface area contributed by atoms with Crippen LogP contribution in [0.3, 0.4) is 0 Å². The highest BCUT2D eigenvalue weighted by Gasteiger charge is 2.70. The molecule has 5 rings (SSSR count). The number of amides is 1. The number of alkyl halides is 3. The van der Waals surface area contributed by atoms with Gasteiger partial charge in [-0.2, -0.15) is 5.10 Å². The van der Waals surface area contributed by atoms with Crippen molar-refractivity contribution in [1.29, 1.82) is 0 Å². The number of alkyl carbamates (subject to hydrolysis) is 1. The van der Waals surface area contributed by atoms with Crippen LogP contribution in [0.5, 0.6) is 0 Å². The quantitative estimate of drug-likeness (QED) is 0.716. The minimum atomic E-state index is -4.64. The molecule has 0 spiro atoms. The van der Waals surface area contributed by atoms with Gasteiger partial charge in [0.2, 0.25) is 0 Å². The maximum Gasteiger partial charge on any atom is 0.522 e. The molecule has 2 bridgehead atoms. The van der Waals surface area contributed by atoms with E-state index >= 15 is 0 Å². The van der Waals surface area contributed by atoms with Gasteiger partial charge in [-0.05, 0) is 46.5 Å². The van der Waals surface area contributed by atoms with Gasteiger partial charge in [0.05, 0.1) is 23.4 Å². The van der Waals surface area contributed by atoms with E-state index < -0.39 is 24.2 Å². The number of likely N-dealkylation sites (tertiary alicyclic amines) is 1. The van der Waals surface area contributed by atoms with Gasteiger partial charge in [-0.15, -0.1) is 13.2 Å². The van der Waals surface area contributed by atoms with Gasteiger partial charge in [0, 0.05) is 24.8 Å². The smallest absolute Gasteiger partial charge is 0.444 e. The SMILES string of the molecule is CC(C)(C)OC(=O)NC12CC(n3cc(C(=S)N4CC[C@H](OC(F)(F)F)C4)cn3)(C1)C2. The van der Waals surface area contributed by atoms with E-state index in [9.17, 15) is 18.0 Å². The van der Waals surface area contributed by atoms with Crippen molar-refractivity contribution in [2.75, 3.05) is 13.1 Å². The molecule has 1 aromatic rings. The van der Waals surface area contributed by atoms with Gasteiger partial charge in [0.15, 0.2) is 0 Å². The molecule has 1 aromatic heterocycles. The average molecular weight is 446 g/mol. The zero-order chi connectivity index (χ0) is 21.9. The number of nitrogens with one attached hydrogen (secondary N) is 1. The van der Waals surface area contributed by atoms with Gasteiger partial charge < -0.3 is 15.0 Å². The number of ether oxygens (including phenoxy) is 2. The summed E-state index contributed by atoms with van der Waals surface area (Å²) in [6.07, 6.45) is 0.0923. The third kappa shape index (κ3) is 4.14. The molecule has 1 atom stereocenters. The van der Waals surface area contributed by atoms with Crippen LogP contribution in [0, 0.1) is 0 Å². The lowest BCUT2D eigenvalue weighted by Crippen LogP contribution is -2.79. The topological polar surface area (TPSA) is 68.6 Å². The van der Waals surface area contributed by atoms with Crippen LogP contribution in [0.1, 0.15) is 52.0 Å². The Hall–Kier alpha value is -1.88. The van der Waals surface area contributed by atoms with E-state index in [1.165, 1.54) is 0 Å². The summed E-state index contributed by atoms with van der Waals surface area (Å²) in [6.45, 7) is 5.99. The third-order valence-electron chi connectivity index (χ3n) is 5.82. The Bertz CT molecular complexity index is 844. The molecule has 1 aliphatic heterocycles. The summed E-state index contributed by atoms with van der Waals surface area (Å²) in [5.74, 6) is 0. The molecule has 2 heterocycles. The van der Waals surface area contributed by atoms with Crippen LogP contribution in [0.2, 0.25) is 0 Å². The number of nitrogens with zero attached hydrogens (tertiary/aromatic N) is 3. The molecule has 1 saturated heterocycles. The molecule has 7 nitrogen and oxygen atoms in total. The van der Waals surface area contributed by atoms with Crippen molar-refractivity contribution in [3.63, 3.8) is 0 Å². The molecule has 1 N–H and O–H groups in total. The zero-order valence-electron chi connectivity index (χ0n) is 17.1. The van der Waals surface area contributed by atoms with E-state index in [1.807, 2.05) is 31.6 Å². The third-order valence-corrected chi connectivity index (χ3v) is 6.31. The van der Waals surface area contributed by atoms with Crippen LogP contribution in [0.25, 0.3) is 0 Å². The van der Waals surface area contributed by atoms with Gasteiger partial charge in [-0.1, -0.05) is 12.2 Å². The highest BCUT2D eigenvalue weighted by Crippen LogP contribution is 2.65. The van der Waals surface area contributed by atoms with Crippen molar-refractivity contribution in [1.82, 2.24) is 20.0 Å². The molecule has 3 aliphatic carbocycles. The summed E-state index contributed by atoms with van der Waals surface area (Å²) in [5, 5.41) is 7.40. The fourth-order valence-electron chi connectivity index (χ4n) is 4.70. The number of rotatable bonds is 4. The monoisotopic (exact) mass is 446 g/mol. The first-order valence-corrected chi connectivity index (χ1v) is 10.3. The van der Waals surface area contributed by atoms with E-state index in [2.05, 4.69) is 15.2 Å². The van der Waals surface area contributed by atoms with E-state index in [1.54, 1.807) is 11.1 Å². The zero-order valence-corrected chi connectivity index (χ0v) is 17.9. The molecule has 0 radical (unpaired) electrons. The first-order valence-electron chi connectivity index (χ1n) is 9.88. The highest BCUT2D eigenvalue weighted by molar-refractivity contribution is 7.80. The first-order chi connectivity index (χ1) is 13.8. The number of hydrogen-bond acceptors (Lipinski definition) is 5. The largest absolute Gasteiger partial charge is 0.522 e. The number of carbonyl (C=O) groups is 1. The molecule has 3 saturated carbocycles. The number of aromatic nitrogens is 2. The van der Waals surface area contributed by atoms with Crippen LogP contribution in [-0.4, -0.2) is 62.5 Å². The number of thiocarbonyl (C=S) groups is 1. The second-order valence-electron chi connectivity index (χ2n) is 9.56. The summed E-state index contributed by atoms with van der Waals surface area (Å²) in [6, 6.07) is 0. The molecular formula is C19H25F3N4O3S. The first kappa shape index (κ1) is 21.4. The van der Waals surface area contributed by atoms with E-state index in [0.717, 1.165) is 19.3 Å². The summed E-state index contributed by atoms with van der Waals surface area (Å²) in [5.41, 5.74) is -0.226. The Morgan fingerprint density at radius 1 is 1.30 bits per heavy atom. The fraction of sp³-hybridized carbons (Fsp3) is 0.737. The maximum atomic E-state index is 12.4. The van der Waals surface area contributed by atoms with Gasteiger partial charge in [-0.25, -0.2) is 4.79 Å². The van der Waals surface area contributed by atoms with Crippen LogP contribution < -0.4 is 5.32 Å². The van der Waals surface area contributed by atoms with Crippen molar-refractivity contribution >= 4 is 23.3 Å². The van der Waals surface area contributed by atoms with E-state index in [0.29, 0.717) is 17.1 Å². The molecular weight excluding hydrogens is 421 g/mol. The van der Waals surface area contributed by atoms with Gasteiger partial charge in [-0.3, -0.25) is 9.42 Å². The molecule has 0 aromatic carbocycles.